The van der Waals surface area contributed by atoms with E-state index in [0.717, 1.165) is 17.0 Å². The molecule has 7 nitrogen and oxygen atoms in total. The minimum Gasteiger partial charge on any atom is -0.494 e. The number of hydrogen-bond donors (Lipinski definition) is 1. The van der Waals surface area contributed by atoms with Crippen molar-refractivity contribution in [3.8, 4) is 22.7 Å². The van der Waals surface area contributed by atoms with Crippen molar-refractivity contribution in [2.75, 3.05) is 19.7 Å². The second-order valence-electron chi connectivity index (χ2n) is 9.03. The highest BCUT2D eigenvalue weighted by Gasteiger charge is 2.27. The first-order chi connectivity index (χ1) is 18.1. The molecule has 2 heterocycles. The summed E-state index contributed by atoms with van der Waals surface area (Å²) >= 11 is 0. The summed E-state index contributed by atoms with van der Waals surface area (Å²) in [6.07, 6.45) is 3.18. The number of piperidine rings is 1. The van der Waals surface area contributed by atoms with Crippen molar-refractivity contribution in [2.45, 2.75) is 25.8 Å². The van der Waals surface area contributed by atoms with Crippen LogP contribution in [0.15, 0.2) is 91.1 Å². The number of nitrogens with one attached hydrogen (secondary N) is 1. The number of hydrogen-bond acceptors (Lipinski definition) is 4. The fourth-order valence-electron chi connectivity index (χ4n) is 4.60. The molecular formula is C30H30N4O3. The van der Waals surface area contributed by atoms with Gasteiger partial charge in [0.25, 0.3) is 11.8 Å². The van der Waals surface area contributed by atoms with E-state index in [4.69, 9.17) is 9.84 Å². The van der Waals surface area contributed by atoms with Crippen LogP contribution in [0.3, 0.4) is 0 Å². The molecule has 0 atom stereocenters. The Morgan fingerprint density at radius 1 is 0.919 bits per heavy atom. The molecule has 2 amide bonds. The van der Waals surface area contributed by atoms with Gasteiger partial charge in [0.15, 0.2) is 0 Å². The van der Waals surface area contributed by atoms with Crippen LogP contribution in [0.2, 0.25) is 0 Å². The van der Waals surface area contributed by atoms with Crippen LogP contribution >= 0.6 is 0 Å². The van der Waals surface area contributed by atoms with Gasteiger partial charge in [-0.25, -0.2) is 4.68 Å². The lowest BCUT2D eigenvalue weighted by molar-refractivity contribution is 0.0698. The van der Waals surface area contributed by atoms with E-state index in [0.29, 0.717) is 49.4 Å². The normalized spacial score (nSPS) is 13.8. The van der Waals surface area contributed by atoms with Crippen molar-refractivity contribution in [1.82, 2.24) is 20.0 Å². The number of nitrogens with zero attached hydrogens (tertiary/aromatic N) is 3. The van der Waals surface area contributed by atoms with Gasteiger partial charge in [0.1, 0.15) is 11.4 Å². The summed E-state index contributed by atoms with van der Waals surface area (Å²) < 4.78 is 7.21. The van der Waals surface area contributed by atoms with Crippen molar-refractivity contribution >= 4 is 11.8 Å². The van der Waals surface area contributed by atoms with E-state index in [1.54, 1.807) is 23.0 Å². The van der Waals surface area contributed by atoms with Gasteiger partial charge in [-0.05, 0) is 56.2 Å². The first kappa shape index (κ1) is 24.3. The van der Waals surface area contributed by atoms with Crippen molar-refractivity contribution in [2.24, 2.45) is 0 Å². The Morgan fingerprint density at radius 2 is 1.57 bits per heavy atom. The van der Waals surface area contributed by atoms with E-state index < -0.39 is 0 Å². The Balaban J connectivity index is 1.26. The smallest absolute Gasteiger partial charge is 0.255 e. The molecule has 1 fully saturated rings. The third kappa shape index (κ3) is 5.56. The van der Waals surface area contributed by atoms with E-state index in [9.17, 15) is 9.59 Å². The lowest BCUT2D eigenvalue weighted by Crippen LogP contribution is -2.46. The van der Waals surface area contributed by atoms with Crippen molar-refractivity contribution in [3.05, 3.63) is 102 Å². The molecule has 7 heteroatoms. The molecule has 188 valence electrons. The molecule has 0 radical (unpaired) electrons. The van der Waals surface area contributed by atoms with Gasteiger partial charge in [0, 0.05) is 36.5 Å². The van der Waals surface area contributed by atoms with Gasteiger partial charge >= 0.3 is 0 Å². The maximum Gasteiger partial charge on any atom is 0.255 e. The van der Waals surface area contributed by atoms with E-state index in [1.807, 2.05) is 84.6 Å². The zero-order valence-electron chi connectivity index (χ0n) is 20.8. The number of benzene rings is 3. The van der Waals surface area contributed by atoms with Crippen LogP contribution in [0.4, 0.5) is 0 Å². The summed E-state index contributed by atoms with van der Waals surface area (Å²) in [5.74, 6) is 0.603. The van der Waals surface area contributed by atoms with E-state index in [1.165, 1.54) is 0 Å². The maximum atomic E-state index is 13.4. The number of aromatic nitrogens is 2. The van der Waals surface area contributed by atoms with Crippen LogP contribution in [-0.2, 0) is 0 Å². The van der Waals surface area contributed by atoms with Gasteiger partial charge in [-0.15, -0.1) is 0 Å². The van der Waals surface area contributed by atoms with Gasteiger partial charge in [-0.3, -0.25) is 9.59 Å². The summed E-state index contributed by atoms with van der Waals surface area (Å²) in [5, 5.41) is 7.93. The van der Waals surface area contributed by atoms with Gasteiger partial charge < -0.3 is 15.0 Å². The zero-order chi connectivity index (χ0) is 25.6. The fraction of sp³-hybridized carbons (Fsp3) is 0.233. The molecule has 3 aromatic carbocycles. The lowest BCUT2D eigenvalue weighted by atomic mass is 10.0. The topological polar surface area (TPSA) is 76.5 Å². The van der Waals surface area contributed by atoms with Crippen LogP contribution in [0.5, 0.6) is 5.75 Å². The first-order valence-electron chi connectivity index (χ1n) is 12.7. The number of ether oxygens (including phenoxy) is 1. The van der Waals surface area contributed by atoms with Crippen LogP contribution in [0, 0.1) is 0 Å². The maximum absolute atomic E-state index is 13.4. The molecule has 0 spiro atoms. The highest BCUT2D eigenvalue weighted by atomic mass is 16.5. The highest BCUT2D eigenvalue weighted by Crippen LogP contribution is 2.24. The average molecular weight is 495 g/mol. The summed E-state index contributed by atoms with van der Waals surface area (Å²) in [6, 6.07) is 26.7. The Kier molecular flexibility index (Phi) is 7.31. The SMILES string of the molecule is CCOc1ccc(C(=O)N2CCC(NC(=O)c3cn(-c4ccccc4)nc3-c3ccccc3)CC2)cc1. The first-order valence-corrected chi connectivity index (χ1v) is 12.7. The number of rotatable bonds is 7. The molecule has 0 saturated carbocycles. The quantitative estimate of drug-likeness (QED) is 0.394. The molecule has 37 heavy (non-hydrogen) atoms. The van der Waals surface area contributed by atoms with Crippen LogP contribution < -0.4 is 10.1 Å². The molecule has 0 aliphatic carbocycles. The van der Waals surface area contributed by atoms with Gasteiger partial charge in [-0.2, -0.15) is 5.10 Å². The zero-order valence-corrected chi connectivity index (χ0v) is 20.8. The molecule has 1 aliphatic rings. The second kappa shape index (κ2) is 11.1. The predicted octanol–water partition coefficient (Wildman–Crippen LogP) is 4.97. The monoisotopic (exact) mass is 494 g/mol. The molecule has 0 bridgehead atoms. The Bertz CT molecular complexity index is 1340. The van der Waals surface area contributed by atoms with Crippen LogP contribution in [0.1, 0.15) is 40.5 Å². The summed E-state index contributed by atoms with van der Waals surface area (Å²) in [7, 11) is 0. The average Bonchev–Trinajstić information content (AvgIpc) is 3.41. The molecule has 1 N–H and O–H groups in total. The molecular weight excluding hydrogens is 464 g/mol. The lowest BCUT2D eigenvalue weighted by Gasteiger charge is -2.32. The number of para-hydroxylation sites is 1. The molecule has 0 unspecified atom stereocenters. The molecule has 1 saturated heterocycles. The highest BCUT2D eigenvalue weighted by molar-refractivity contribution is 6.00. The van der Waals surface area contributed by atoms with Crippen LogP contribution in [0.25, 0.3) is 16.9 Å². The molecule has 1 aliphatic heterocycles. The van der Waals surface area contributed by atoms with Gasteiger partial charge in [0.05, 0.1) is 17.9 Å². The van der Waals surface area contributed by atoms with Crippen molar-refractivity contribution in [3.63, 3.8) is 0 Å². The summed E-state index contributed by atoms with van der Waals surface area (Å²) in [6.45, 7) is 3.70. The van der Waals surface area contributed by atoms with E-state index in [2.05, 4.69) is 5.32 Å². The van der Waals surface area contributed by atoms with E-state index >= 15 is 0 Å². The number of likely N-dealkylation sites (tertiary alicyclic amines) is 1. The third-order valence-corrected chi connectivity index (χ3v) is 6.56. The van der Waals surface area contributed by atoms with Crippen molar-refractivity contribution in [1.29, 1.82) is 0 Å². The number of carbonyl (C=O) groups is 2. The van der Waals surface area contributed by atoms with Crippen LogP contribution in [-0.4, -0.2) is 52.2 Å². The van der Waals surface area contributed by atoms with Gasteiger partial charge in [-0.1, -0.05) is 48.5 Å². The Labute approximate surface area is 216 Å². The minimum atomic E-state index is -0.155. The second-order valence-corrected chi connectivity index (χ2v) is 9.03. The minimum absolute atomic E-state index is 0.00308. The number of amides is 2. The largest absolute Gasteiger partial charge is 0.494 e. The molecule has 1 aromatic heterocycles. The third-order valence-electron chi connectivity index (χ3n) is 6.56. The predicted molar refractivity (Wildman–Crippen MR) is 143 cm³/mol. The Hall–Kier alpha value is -4.39. The fourth-order valence-corrected chi connectivity index (χ4v) is 4.60. The Morgan fingerprint density at radius 3 is 2.22 bits per heavy atom. The van der Waals surface area contributed by atoms with E-state index in [-0.39, 0.29) is 17.9 Å². The summed E-state index contributed by atoms with van der Waals surface area (Å²) in [5.41, 5.74) is 3.60. The molecule has 4 aromatic rings. The molecule has 5 rings (SSSR count). The summed E-state index contributed by atoms with van der Waals surface area (Å²) in [4.78, 5) is 28.2. The number of carbonyl (C=O) groups excluding carboxylic acids is 2. The standard InChI is InChI=1S/C30H30N4O3/c1-2-37-26-15-13-23(14-16-26)30(36)33-19-17-24(18-20-33)31-29(35)27-21-34(25-11-7-4-8-12-25)32-28(27)22-9-5-3-6-10-22/h3-16,21,24H,2,17-20H2,1H3,(H,31,35). The van der Waals surface area contributed by atoms with Crippen molar-refractivity contribution < 1.29 is 14.3 Å². The van der Waals surface area contributed by atoms with Gasteiger partial charge in [0.2, 0.25) is 0 Å².